The predicted molar refractivity (Wildman–Crippen MR) is 98.2 cm³/mol. The summed E-state index contributed by atoms with van der Waals surface area (Å²) in [7, 11) is 1.53. The van der Waals surface area contributed by atoms with E-state index in [0.29, 0.717) is 11.4 Å². The van der Waals surface area contributed by atoms with Crippen molar-refractivity contribution >= 4 is 28.6 Å². The highest BCUT2D eigenvalue weighted by atomic mass is 16.5. The second-order valence-corrected chi connectivity index (χ2v) is 5.53. The first-order chi connectivity index (χ1) is 12.1. The Hall–Kier alpha value is -3.52. The monoisotopic (exact) mass is 331 g/mol. The standard InChI is InChI=1S/C20H17N3O2/c1-13-16(15-7-3-4-8-17(15)22-13)11-14(12-21)20(24)23-18-9-5-6-10-19(18)25-2/h3-11,22H,1-2H3,(H,23,24)/b14-11-. The number of hydrogen-bond donors (Lipinski definition) is 2. The molecule has 0 saturated carbocycles. The average molecular weight is 331 g/mol. The third-order valence-electron chi connectivity index (χ3n) is 3.95. The smallest absolute Gasteiger partial charge is 0.266 e. The summed E-state index contributed by atoms with van der Waals surface area (Å²) in [6.45, 7) is 1.92. The van der Waals surface area contributed by atoms with Crippen molar-refractivity contribution in [1.82, 2.24) is 4.98 Å². The first-order valence-electron chi connectivity index (χ1n) is 7.77. The van der Waals surface area contributed by atoms with E-state index in [9.17, 15) is 10.1 Å². The minimum Gasteiger partial charge on any atom is -0.495 e. The number of rotatable bonds is 4. The summed E-state index contributed by atoms with van der Waals surface area (Å²) in [6.07, 6.45) is 1.61. The Morgan fingerprint density at radius 2 is 1.92 bits per heavy atom. The van der Waals surface area contributed by atoms with E-state index < -0.39 is 5.91 Å². The van der Waals surface area contributed by atoms with Crippen LogP contribution in [0, 0.1) is 18.3 Å². The molecule has 0 aliphatic heterocycles. The molecule has 5 nitrogen and oxygen atoms in total. The largest absolute Gasteiger partial charge is 0.495 e. The second-order valence-electron chi connectivity index (χ2n) is 5.53. The van der Waals surface area contributed by atoms with Gasteiger partial charge in [-0.05, 0) is 31.2 Å². The number of para-hydroxylation sites is 3. The molecule has 0 fully saturated rings. The molecule has 5 heteroatoms. The lowest BCUT2D eigenvalue weighted by Gasteiger charge is -2.09. The molecule has 0 bridgehead atoms. The van der Waals surface area contributed by atoms with Crippen LogP contribution in [-0.2, 0) is 4.79 Å². The van der Waals surface area contributed by atoms with E-state index in [1.54, 1.807) is 24.3 Å². The Morgan fingerprint density at radius 3 is 2.68 bits per heavy atom. The number of ether oxygens (including phenoxy) is 1. The van der Waals surface area contributed by atoms with Crippen LogP contribution in [-0.4, -0.2) is 18.0 Å². The number of aromatic amines is 1. The number of nitrogens with zero attached hydrogens (tertiary/aromatic N) is 1. The number of carbonyl (C=O) groups excluding carboxylic acids is 1. The van der Waals surface area contributed by atoms with E-state index in [1.165, 1.54) is 7.11 Å². The third kappa shape index (κ3) is 3.24. The van der Waals surface area contributed by atoms with Crippen molar-refractivity contribution in [2.45, 2.75) is 6.92 Å². The van der Waals surface area contributed by atoms with Gasteiger partial charge >= 0.3 is 0 Å². The first-order valence-corrected chi connectivity index (χ1v) is 7.77. The number of nitriles is 1. The van der Waals surface area contributed by atoms with Gasteiger partial charge in [-0.25, -0.2) is 0 Å². The molecule has 2 N–H and O–H groups in total. The van der Waals surface area contributed by atoms with Crippen LogP contribution in [0.4, 0.5) is 5.69 Å². The zero-order valence-corrected chi connectivity index (χ0v) is 14.0. The first kappa shape index (κ1) is 16.3. The van der Waals surface area contributed by atoms with Crippen LogP contribution in [0.5, 0.6) is 5.75 Å². The maximum Gasteiger partial charge on any atom is 0.266 e. The summed E-state index contributed by atoms with van der Waals surface area (Å²) in [5.41, 5.74) is 3.25. The van der Waals surface area contributed by atoms with Crippen molar-refractivity contribution in [3.63, 3.8) is 0 Å². The highest BCUT2D eigenvalue weighted by Gasteiger charge is 2.14. The number of anilines is 1. The van der Waals surface area contributed by atoms with Crippen molar-refractivity contribution in [2.75, 3.05) is 12.4 Å². The maximum absolute atomic E-state index is 12.5. The lowest BCUT2D eigenvalue weighted by atomic mass is 10.1. The minimum atomic E-state index is -0.475. The zero-order chi connectivity index (χ0) is 17.8. The molecule has 124 valence electrons. The number of methoxy groups -OCH3 is 1. The van der Waals surface area contributed by atoms with Crippen LogP contribution in [0.1, 0.15) is 11.3 Å². The van der Waals surface area contributed by atoms with Crippen molar-refractivity contribution in [1.29, 1.82) is 5.26 Å². The Kier molecular flexibility index (Phi) is 4.53. The lowest BCUT2D eigenvalue weighted by molar-refractivity contribution is -0.112. The van der Waals surface area contributed by atoms with Gasteiger partial charge < -0.3 is 15.0 Å². The maximum atomic E-state index is 12.5. The van der Waals surface area contributed by atoms with Crippen molar-refractivity contribution in [3.8, 4) is 11.8 Å². The summed E-state index contributed by atoms with van der Waals surface area (Å²) >= 11 is 0. The fourth-order valence-corrected chi connectivity index (χ4v) is 2.71. The number of H-pyrrole nitrogens is 1. The minimum absolute atomic E-state index is 0.0266. The van der Waals surface area contributed by atoms with Crippen LogP contribution < -0.4 is 10.1 Å². The molecule has 0 unspecified atom stereocenters. The van der Waals surface area contributed by atoms with Gasteiger partial charge in [-0.1, -0.05) is 30.3 Å². The highest BCUT2D eigenvalue weighted by Crippen LogP contribution is 2.26. The molecule has 0 radical (unpaired) electrons. The van der Waals surface area contributed by atoms with Crippen molar-refractivity contribution < 1.29 is 9.53 Å². The van der Waals surface area contributed by atoms with E-state index in [0.717, 1.165) is 22.2 Å². The van der Waals surface area contributed by atoms with E-state index in [1.807, 2.05) is 43.3 Å². The number of aromatic nitrogens is 1. The Bertz CT molecular complexity index is 1010. The molecular weight excluding hydrogens is 314 g/mol. The SMILES string of the molecule is COc1ccccc1NC(=O)/C(C#N)=C\c1c(C)[nH]c2ccccc12. The molecule has 0 atom stereocenters. The fraction of sp³-hybridized carbons (Fsp3) is 0.100. The number of fused-ring (bicyclic) bond motifs is 1. The van der Waals surface area contributed by atoms with Gasteiger partial charge in [0.25, 0.3) is 5.91 Å². The molecule has 3 rings (SSSR count). The van der Waals surface area contributed by atoms with Gasteiger partial charge in [0.15, 0.2) is 0 Å². The van der Waals surface area contributed by atoms with Crippen molar-refractivity contribution in [2.24, 2.45) is 0 Å². The van der Waals surface area contributed by atoms with Crippen LogP contribution in [0.25, 0.3) is 17.0 Å². The van der Waals surface area contributed by atoms with Gasteiger partial charge in [-0.3, -0.25) is 4.79 Å². The molecule has 0 aliphatic rings. The fourth-order valence-electron chi connectivity index (χ4n) is 2.71. The summed E-state index contributed by atoms with van der Waals surface area (Å²) < 4.78 is 5.22. The zero-order valence-electron chi connectivity index (χ0n) is 14.0. The molecule has 0 saturated heterocycles. The summed E-state index contributed by atoms with van der Waals surface area (Å²) in [6, 6.07) is 16.8. The normalized spacial score (nSPS) is 11.2. The molecule has 0 aliphatic carbocycles. The van der Waals surface area contributed by atoms with Crippen LogP contribution in [0.2, 0.25) is 0 Å². The Morgan fingerprint density at radius 1 is 1.20 bits per heavy atom. The summed E-state index contributed by atoms with van der Waals surface area (Å²) in [5.74, 6) is 0.0631. The van der Waals surface area contributed by atoms with Crippen LogP contribution >= 0.6 is 0 Å². The molecule has 2 aromatic carbocycles. The van der Waals surface area contributed by atoms with Crippen LogP contribution in [0.15, 0.2) is 54.1 Å². The number of hydrogen-bond acceptors (Lipinski definition) is 3. The van der Waals surface area contributed by atoms with E-state index in [4.69, 9.17) is 4.74 Å². The van der Waals surface area contributed by atoms with Crippen LogP contribution in [0.3, 0.4) is 0 Å². The molecule has 1 aromatic heterocycles. The van der Waals surface area contributed by atoms with Gasteiger partial charge in [0.2, 0.25) is 0 Å². The number of nitrogens with one attached hydrogen (secondary N) is 2. The second kappa shape index (κ2) is 6.93. The molecule has 3 aromatic rings. The molecule has 0 spiro atoms. The van der Waals surface area contributed by atoms with Crippen molar-refractivity contribution in [3.05, 3.63) is 65.4 Å². The van der Waals surface area contributed by atoms with Gasteiger partial charge in [-0.15, -0.1) is 0 Å². The van der Waals surface area contributed by atoms with Gasteiger partial charge in [0.05, 0.1) is 12.8 Å². The quantitative estimate of drug-likeness (QED) is 0.559. The van der Waals surface area contributed by atoms with Gasteiger partial charge in [0, 0.05) is 22.2 Å². The number of aryl methyl sites for hydroxylation is 1. The van der Waals surface area contributed by atoms with Gasteiger partial charge in [-0.2, -0.15) is 5.26 Å². The Labute approximate surface area is 145 Å². The van der Waals surface area contributed by atoms with Gasteiger partial charge in [0.1, 0.15) is 17.4 Å². The number of carbonyl (C=O) groups is 1. The molecular formula is C20H17N3O2. The third-order valence-corrected chi connectivity index (χ3v) is 3.95. The Balaban J connectivity index is 1.96. The highest BCUT2D eigenvalue weighted by molar-refractivity contribution is 6.11. The number of amides is 1. The van der Waals surface area contributed by atoms with E-state index >= 15 is 0 Å². The molecule has 1 heterocycles. The number of benzene rings is 2. The van der Waals surface area contributed by atoms with E-state index in [2.05, 4.69) is 10.3 Å². The van der Waals surface area contributed by atoms with E-state index in [-0.39, 0.29) is 5.57 Å². The molecule has 1 amide bonds. The predicted octanol–water partition coefficient (Wildman–Crippen LogP) is 4.03. The average Bonchev–Trinajstić information content (AvgIpc) is 2.95. The lowest BCUT2D eigenvalue weighted by Crippen LogP contribution is -2.14. The topological polar surface area (TPSA) is 77.9 Å². The summed E-state index contributed by atoms with van der Waals surface area (Å²) in [4.78, 5) is 15.8. The summed E-state index contributed by atoms with van der Waals surface area (Å²) in [5, 5.41) is 13.1. The molecule has 25 heavy (non-hydrogen) atoms.